The number of rotatable bonds is 1. The first kappa shape index (κ1) is 14.9. The standard InChI is InChI=1S/C22H21NO/c1-14-6-5-7-20-21(14)17-12-15(8-9-19(17)24-20)18-13-16(10-11-23-18)22(2,3)4/h5-13H,1-4H3. The maximum atomic E-state index is 5.98. The Hall–Kier alpha value is -2.61. The van der Waals surface area contributed by atoms with Gasteiger partial charge < -0.3 is 4.42 Å². The molecule has 0 aliphatic carbocycles. The van der Waals surface area contributed by atoms with Gasteiger partial charge in [-0.25, -0.2) is 0 Å². The predicted octanol–water partition coefficient (Wildman–Crippen LogP) is 6.25. The maximum absolute atomic E-state index is 5.98. The molecule has 2 heterocycles. The molecule has 0 radical (unpaired) electrons. The minimum Gasteiger partial charge on any atom is -0.456 e. The number of fused-ring (bicyclic) bond motifs is 3. The van der Waals surface area contributed by atoms with Crippen LogP contribution in [0, 0.1) is 6.92 Å². The minimum atomic E-state index is 0.112. The number of furan rings is 1. The molecule has 2 nitrogen and oxygen atoms in total. The van der Waals surface area contributed by atoms with Gasteiger partial charge in [-0.2, -0.15) is 0 Å². The summed E-state index contributed by atoms with van der Waals surface area (Å²) >= 11 is 0. The van der Waals surface area contributed by atoms with Crippen LogP contribution in [0.2, 0.25) is 0 Å². The largest absolute Gasteiger partial charge is 0.456 e. The summed E-state index contributed by atoms with van der Waals surface area (Å²) in [5.74, 6) is 0. The summed E-state index contributed by atoms with van der Waals surface area (Å²) in [6.07, 6.45) is 1.90. The minimum absolute atomic E-state index is 0.112. The van der Waals surface area contributed by atoms with Gasteiger partial charge in [0.05, 0.1) is 5.69 Å². The number of aryl methyl sites for hydroxylation is 1. The molecule has 0 bridgehead atoms. The Morgan fingerprint density at radius 2 is 1.75 bits per heavy atom. The van der Waals surface area contributed by atoms with Crippen LogP contribution in [0.3, 0.4) is 0 Å². The van der Waals surface area contributed by atoms with Gasteiger partial charge >= 0.3 is 0 Å². The van der Waals surface area contributed by atoms with E-state index in [2.05, 4.69) is 69.1 Å². The zero-order chi connectivity index (χ0) is 16.9. The van der Waals surface area contributed by atoms with Gasteiger partial charge in [-0.1, -0.05) is 32.9 Å². The van der Waals surface area contributed by atoms with Crippen molar-refractivity contribution in [3.05, 3.63) is 65.9 Å². The molecule has 4 rings (SSSR count). The van der Waals surface area contributed by atoms with Gasteiger partial charge in [0.2, 0.25) is 0 Å². The van der Waals surface area contributed by atoms with Gasteiger partial charge in [-0.05, 0) is 59.9 Å². The molecule has 0 fully saturated rings. The highest BCUT2D eigenvalue weighted by atomic mass is 16.3. The van der Waals surface area contributed by atoms with E-state index in [-0.39, 0.29) is 5.41 Å². The summed E-state index contributed by atoms with van der Waals surface area (Å²) < 4.78 is 5.98. The molecule has 4 aromatic rings. The molecule has 0 unspecified atom stereocenters. The Balaban J connectivity index is 1.94. The monoisotopic (exact) mass is 315 g/mol. The Kier molecular flexibility index (Phi) is 3.24. The van der Waals surface area contributed by atoms with Gasteiger partial charge in [0.1, 0.15) is 11.2 Å². The van der Waals surface area contributed by atoms with Crippen LogP contribution in [0.5, 0.6) is 0 Å². The maximum Gasteiger partial charge on any atom is 0.135 e. The van der Waals surface area contributed by atoms with Crippen molar-refractivity contribution in [2.45, 2.75) is 33.1 Å². The summed E-state index contributed by atoms with van der Waals surface area (Å²) in [5, 5.41) is 2.35. The molecule has 0 aliphatic rings. The highest BCUT2D eigenvalue weighted by molar-refractivity contribution is 6.07. The van der Waals surface area contributed by atoms with E-state index in [0.29, 0.717) is 0 Å². The van der Waals surface area contributed by atoms with Crippen molar-refractivity contribution in [2.75, 3.05) is 0 Å². The number of hydrogen-bond donors (Lipinski definition) is 0. The fourth-order valence-corrected chi connectivity index (χ4v) is 3.22. The molecule has 0 saturated carbocycles. The Morgan fingerprint density at radius 1 is 0.917 bits per heavy atom. The quantitative estimate of drug-likeness (QED) is 0.414. The number of aromatic nitrogens is 1. The van der Waals surface area contributed by atoms with Gasteiger partial charge in [0.15, 0.2) is 0 Å². The molecule has 2 aromatic carbocycles. The van der Waals surface area contributed by atoms with Crippen molar-refractivity contribution in [1.82, 2.24) is 4.98 Å². The Labute approximate surface area is 142 Å². The van der Waals surface area contributed by atoms with Crippen molar-refractivity contribution < 1.29 is 4.42 Å². The predicted molar refractivity (Wildman–Crippen MR) is 100 cm³/mol. The van der Waals surface area contributed by atoms with E-state index in [4.69, 9.17) is 4.42 Å². The van der Waals surface area contributed by atoms with Gasteiger partial charge in [-0.3, -0.25) is 4.98 Å². The molecule has 0 aliphatic heterocycles. The first-order chi connectivity index (χ1) is 11.4. The molecule has 0 saturated heterocycles. The van der Waals surface area contributed by atoms with Gasteiger partial charge in [-0.15, -0.1) is 0 Å². The van der Waals surface area contributed by atoms with Crippen LogP contribution in [-0.2, 0) is 5.41 Å². The average Bonchev–Trinajstić information content (AvgIpc) is 2.93. The van der Waals surface area contributed by atoms with Crippen LogP contribution >= 0.6 is 0 Å². The molecule has 24 heavy (non-hydrogen) atoms. The SMILES string of the molecule is Cc1cccc2oc3ccc(-c4cc(C(C)(C)C)ccn4)cc3c12. The van der Waals surface area contributed by atoms with Crippen LogP contribution < -0.4 is 0 Å². The van der Waals surface area contributed by atoms with E-state index in [9.17, 15) is 0 Å². The molecule has 0 spiro atoms. The van der Waals surface area contributed by atoms with Crippen LogP contribution in [0.1, 0.15) is 31.9 Å². The normalized spacial score (nSPS) is 12.2. The fraction of sp³-hybridized carbons (Fsp3) is 0.227. The summed E-state index contributed by atoms with van der Waals surface area (Å²) in [5.41, 5.74) is 6.64. The molecule has 0 amide bonds. The van der Waals surface area contributed by atoms with E-state index in [0.717, 1.165) is 27.8 Å². The average molecular weight is 315 g/mol. The third-order valence-corrected chi connectivity index (χ3v) is 4.63. The number of nitrogens with zero attached hydrogens (tertiary/aromatic N) is 1. The first-order valence-corrected chi connectivity index (χ1v) is 8.32. The van der Waals surface area contributed by atoms with E-state index in [1.165, 1.54) is 16.5 Å². The smallest absolute Gasteiger partial charge is 0.135 e. The molecule has 2 heteroatoms. The first-order valence-electron chi connectivity index (χ1n) is 8.32. The van der Waals surface area contributed by atoms with E-state index >= 15 is 0 Å². The van der Waals surface area contributed by atoms with Crippen LogP contribution in [0.15, 0.2) is 59.1 Å². The van der Waals surface area contributed by atoms with Crippen LogP contribution in [0.25, 0.3) is 33.2 Å². The van der Waals surface area contributed by atoms with Crippen LogP contribution in [-0.4, -0.2) is 4.98 Å². The second-order valence-corrected chi connectivity index (χ2v) is 7.44. The highest BCUT2D eigenvalue weighted by Gasteiger charge is 2.15. The zero-order valence-electron chi connectivity index (χ0n) is 14.6. The van der Waals surface area contributed by atoms with E-state index < -0.39 is 0 Å². The summed E-state index contributed by atoms with van der Waals surface area (Å²) in [6.45, 7) is 8.80. The van der Waals surface area contributed by atoms with Gasteiger partial charge in [0, 0.05) is 22.5 Å². The van der Waals surface area contributed by atoms with Crippen molar-refractivity contribution in [3.63, 3.8) is 0 Å². The zero-order valence-corrected chi connectivity index (χ0v) is 14.6. The summed E-state index contributed by atoms with van der Waals surface area (Å²) in [6, 6.07) is 16.8. The second kappa shape index (κ2) is 5.20. The fourth-order valence-electron chi connectivity index (χ4n) is 3.22. The molecular formula is C22H21NO. The molecular weight excluding hydrogens is 294 g/mol. The Bertz CT molecular complexity index is 1050. The summed E-state index contributed by atoms with van der Waals surface area (Å²) in [4.78, 5) is 4.59. The molecule has 0 atom stereocenters. The van der Waals surface area contributed by atoms with Crippen molar-refractivity contribution in [2.24, 2.45) is 0 Å². The lowest BCUT2D eigenvalue weighted by molar-refractivity contribution is 0.589. The molecule has 2 aromatic heterocycles. The molecule has 120 valence electrons. The van der Waals surface area contributed by atoms with E-state index in [1.807, 2.05) is 18.3 Å². The summed E-state index contributed by atoms with van der Waals surface area (Å²) in [7, 11) is 0. The lowest BCUT2D eigenvalue weighted by atomic mass is 9.87. The van der Waals surface area contributed by atoms with Crippen LogP contribution in [0.4, 0.5) is 0 Å². The second-order valence-electron chi connectivity index (χ2n) is 7.44. The number of benzene rings is 2. The Morgan fingerprint density at radius 3 is 2.54 bits per heavy atom. The van der Waals surface area contributed by atoms with Gasteiger partial charge in [0.25, 0.3) is 0 Å². The highest BCUT2D eigenvalue weighted by Crippen LogP contribution is 2.34. The van der Waals surface area contributed by atoms with E-state index in [1.54, 1.807) is 0 Å². The van der Waals surface area contributed by atoms with Crippen molar-refractivity contribution >= 4 is 21.9 Å². The topological polar surface area (TPSA) is 26.0 Å². The number of pyridine rings is 1. The molecule has 0 N–H and O–H groups in total. The lowest BCUT2D eigenvalue weighted by Gasteiger charge is -2.19. The van der Waals surface area contributed by atoms with Crippen molar-refractivity contribution in [3.8, 4) is 11.3 Å². The lowest BCUT2D eigenvalue weighted by Crippen LogP contribution is -2.11. The number of hydrogen-bond acceptors (Lipinski definition) is 2. The van der Waals surface area contributed by atoms with Crippen molar-refractivity contribution in [1.29, 1.82) is 0 Å². The third kappa shape index (κ3) is 2.39. The third-order valence-electron chi connectivity index (χ3n) is 4.63.